The van der Waals surface area contributed by atoms with Gasteiger partial charge in [-0.15, -0.1) is 11.3 Å². The van der Waals surface area contributed by atoms with Gasteiger partial charge in [-0.3, -0.25) is 9.69 Å². The molecule has 2 saturated carbocycles. The zero-order chi connectivity index (χ0) is 35.0. The Morgan fingerprint density at radius 3 is 2.14 bits per heavy atom. The van der Waals surface area contributed by atoms with Crippen LogP contribution < -0.4 is 5.32 Å². The number of methoxy groups -OCH3 is 2. The van der Waals surface area contributed by atoms with Crippen molar-refractivity contribution in [1.29, 1.82) is 0 Å². The lowest BCUT2D eigenvalue weighted by molar-refractivity contribution is -0.230. The molecule has 7 rings (SSSR count). The molecule has 1 aromatic carbocycles. The number of thiazole rings is 1. The first-order valence-corrected chi connectivity index (χ1v) is 18.9. The first-order chi connectivity index (χ1) is 24.2. The maximum Gasteiger partial charge on any atom is 0.336 e. The molecule has 268 valence electrons. The molecule has 0 radical (unpaired) electrons. The first-order valence-electron chi connectivity index (χ1n) is 17.3. The van der Waals surface area contributed by atoms with Crippen molar-refractivity contribution in [2.24, 2.45) is 11.8 Å². The summed E-state index contributed by atoms with van der Waals surface area (Å²) in [6, 6.07) is 5.44. The van der Waals surface area contributed by atoms with Gasteiger partial charge in [-0.2, -0.15) is 0 Å². The van der Waals surface area contributed by atoms with Crippen molar-refractivity contribution in [3.05, 3.63) is 72.9 Å². The summed E-state index contributed by atoms with van der Waals surface area (Å²) in [6.45, 7) is 4.04. The highest BCUT2D eigenvalue weighted by Crippen LogP contribution is 2.55. The molecular weight excluding hydrogens is 703 g/mol. The van der Waals surface area contributed by atoms with Crippen LogP contribution in [-0.2, 0) is 39.8 Å². The SMILES string of the molecule is COC(=O)C1=C(CCc2nccs2)NC(CC(=O)N2CCN(C3CC4CCC(C3)C43OCCO3)CC2)=C(C(=O)OC)C1c1c(Cl)cccc1Cl. The molecular formula is C36H42Cl2N4O7S. The van der Waals surface area contributed by atoms with Crippen molar-refractivity contribution in [2.45, 2.75) is 62.7 Å². The van der Waals surface area contributed by atoms with E-state index >= 15 is 0 Å². The summed E-state index contributed by atoms with van der Waals surface area (Å²) in [5.74, 6) is -2.06. The first kappa shape index (κ1) is 35.4. The molecule has 50 heavy (non-hydrogen) atoms. The van der Waals surface area contributed by atoms with Gasteiger partial charge in [0.2, 0.25) is 5.91 Å². The number of dihydropyridines is 1. The number of piperazine rings is 1. The number of hydrogen-bond acceptors (Lipinski definition) is 11. The Kier molecular flexibility index (Phi) is 10.6. The van der Waals surface area contributed by atoms with E-state index in [4.69, 9.17) is 42.1 Å². The molecule has 3 unspecified atom stereocenters. The second-order valence-corrected chi connectivity index (χ2v) is 15.3. The van der Waals surface area contributed by atoms with Crippen LogP contribution in [0.25, 0.3) is 0 Å². The number of hydrogen-bond donors (Lipinski definition) is 1. The topological polar surface area (TPSA) is 120 Å². The lowest BCUT2D eigenvalue weighted by Gasteiger charge is -2.47. The number of rotatable bonds is 9. The molecule has 2 aliphatic carbocycles. The zero-order valence-corrected chi connectivity index (χ0v) is 30.6. The van der Waals surface area contributed by atoms with Gasteiger partial charge in [0, 0.05) is 89.1 Å². The van der Waals surface area contributed by atoms with E-state index in [1.165, 1.54) is 25.6 Å². The Balaban J connectivity index is 1.14. The molecule has 2 aromatic rings. The van der Waals surface area contributed by atoms with Gasteiger partial charge in [0.1, 0.15) is 0 Å². The largest absolute Gasteiger partial charge is 0.466 e. The fraction of sp³-hybridized carbons (Fsp3) is 0.556. The van der Waals surface area contributed by atoms with Gasteiger partial charge in [0.05, 0.1) is 55.9 Å². The van der Waals surface area contributed by atoms with Gasteiger partial charge in [0.25, 0.3) is 0 Å². The number of amides is 1. The molecule has 2 bridgehead atoms. The van der Waals surface area contributed by atoms with Crippen LogP contribution in [0.2, 0.25) is 10.0 Å². The molecule has 4 heterocycles. The fourth-order valence-corrected chi connectivity index (χ4v) is 10.0. The van der Waals surface area contributed by atoms with Crippen LogP contribution in [-0.4, -0.2) is 98.1 Å². The predicted molar refractivity (Wildman–Crippen MR) is 187 cm³/mol. The van der Waals surface area contributed by atoms with Gasteiger partial charge in [0.15, 0.2) is 5.79 Å². The van der Waals surface area contributed by atoms with Gasteiger partial charge in [-0.05, 0) is 44.2 Å². The Bertz CT molecular complexity index is 1650. The van der Waals surface area contributed by atoms with E-state index in [0.29, 0.717) is 74.0 Å². The number of halogens is 2. The van der Waals surface area contributed by atoms with Gasteiger partial charge >= 0.3 is 11.9 Å². The minimum Gasteiger partial charge on any atom is -0.466 e. The minimum absolute atomic E-state index is 0.0934. The monoisotopic (exact) mass is 744 g/mol. The summed E-state index contributed by atoms with van der Waals surface area (Å²) in [4.78, 5) is 50.1. The summed E-state index contributed by atoms with van der Waals surface area (Å²) >= 11 is 15.0. The van der Waals surface area contributed by atoms with Gasteiger partial charge in [-0.1, -0.05) is 29.3 Å². The number of carbonyl (C=O) groups excluding carboxylic acids is 3. The fourth-order valence-electron chi connectivity index (χ4n) is 8.80. The number of nitrogens with zero attached hydrogens (tertiary/aromatic N) is 3. The van der Waals surface area contributed by atoms with E-state index in [9.17, 15) is 14.4 Å². The standard InChI is InChI=1S/C36H42Cl2N4O7S/c1-46-34(44)31-26(8-9-28-39-10-17-50-28)40-27(32(35(45)47-2)33(31)30-24(37)4-3-5-25(30)38)20-29(43)42-13-11-41(12-14-42)23-18-21-6-7-22(19-23)36(21)48-15-16-49-36/h3-5,10,17,21-23,33,40H,6-9,11-16,18-20H2,1-2H3. The normalized spacial score (nSPS) is 26.4. The summed E-state index contributed by atoms with van der Waals surface area (Å²) < 4.78 is 22.9. The molecule has 5 aliphatic rings. The highest BCUT2D eigenvalue weighted by atomic mass is 35.5. The number of aromatic nitrogens is 1. The van der Waals surface area contributed by atoms with E-state index in [0.717, 1.165) is 43.8 Å². The van der Waals surface area contributed by atoms with Crippen molar-refractivity contribution < 1.29 is 33.3 Å². The molecule has 14 heteroatoms. The van der Waals surface area contributed by atoms with Crippen molar-refractivity contribution in [1.82, 2.24) is 20.1 Å². The van der Waals surface area contributed by atoms with Crippen LogP contribution in [0.4, 0.5) is 0 Å². The predicted octanol–water partition coefficient (Wildman–Crippen LogP) is 5.09. The Hall–Kier alpha value is -3.00. The summed E-state index contributed by atoms with van der Waals surface area (Å²) in [7, 11) is 2.55. The molecule has 3 aliphatic heterocycles. The summed E-state index contributed by atoms with van der Waals surface area (Å²) in [5.41, 5.74) is 1.49. The van der Waals surface area contributed by atoms with Crippen LogP contribution in [0, 0.1) is 11.8 Å². The lowest BCUT2D eigenvalue weighted by Crippen LogP contribution is -2.56. The van der Waals surface area contributed by atoms with Crippen molar-refractivity contribution in [2.75, 3.05) is 53.6 Å². The number of aryl methyl sites for hydroxylation is 1. The number of allylic oxidation sites excluding steroid dienone is 1. The number of nitrogens with one attached hydrogen (secondary N) is 1. The molecule has 2 saturated heterocycles. The average Bonchev–Trinajstić information content (AvgIpc) is 3.86. The average molecular weight is 746 g/mol. The lowest BCUT2D eigenvalue weighted by atomic mass is 9.78. The molecule has 1 N–H and O–H groups in total. The molecule has 1 amide bonds. The Morgan fingerprint density at radius 2 is 1.56 bits per heavy atom. The van der Waals surface area contributed by atoms with Crippen LogP contribution in [0.3, 0.4) is 0 Å². The van der Waals surface area contributed by atoms with E-state index in [1.807, 2.05) is 10.3 Å². The highest BCUT2D eigenvalue weighted by Gasteiger charge is 2.59. The summed E-state index contributed by atoms with van der Waals surface area (Å²) in [5, 5.41) is 6.61. The smallest absolute Gasteiger partial charge is 0.336 e. The van der Waals surface area contributed by atoms with Gasteiger partial charge < -0.3 is 29.2 Å². The second-order valence-electron chi connectivity index (χ2n) is 13.5. The summed E-state index contributed by atoms with van der Waals surface area (Å²) in [6.07, 6.45) is 6.88. The third-order valence-corrected chi connectivity index (χ3v) is 12.6. The number of benzene rings is 1. The van der Waals surface area contributed by atoms with Crippen molar-refractivity contribution >= 4 is 52.4 Å². The van der Waals surface area contributed by atoms with Crippen LogP contribution in [0.1, 0.15) is 55.0 Å². The van der Waals surface area contributed by atoms with Crippen LogP contribution in [0.5, 0.6) is 0 Å². The Labute approximate surface area is 305 Å². The molecule has 1 aromatic heterocycles. The maximum atomic E-state index is 14.1. The third kappa shape index (κ3) is 6.59. The number of carbonyl (C=O) groups is 3. The van der Waals surface area contributed by atoms with E-state index in [1.54, 1.807) is 24.4 Å². The van der Waals surface area contributed by atoms with Gasteiger partial charge in [-0.25, -0.2) is 14.6 Å². The number of ether oxygens (including phenoxy) is 4. The van der Waals surface area contributed by atoms with Crippen LogP contribution in [0.15, 0.2) is 52.3 Å². The molecule has 4 fully saturated rings. The van der Waals surface area contributed by atoms with Crippen LogP contribution >= 0.6 is 34.5 Å². The maximum absolute atomic E-state index is 14.1. The van der Waals surface area contributed by atoms with E-state index < -0.39 is 17.9 Å². The molecule has 1 spiro atoms. The second kappa shape index (κ2) is 14.9. The van der Waals surface area contributed by atoms with E-state index in [2.05, 4.69) is 15.2 Å². The van der Waals surface area contributed by atoms with Crippen molar-refractivity contribution in [3.63, 3.8) is 0 Å². The third-order valence-electron chi connectivity index (χ3n) is 11.1. The molecule has 3 atom stereocenters. The highest BCUT2D eigenvalue weighted by molar-refractivity contribution is 7.09. The van der Waals surface area contributed by atoms with Crippen molar-refractivity contribution in [3.8, 4) is 0 Å². The minimum atomic E-state index is -1.04. The Morgan fingerprint density at radius 1 is 0.940 bits per heavy atom. The number of esters is 2. The zero-order valence-electron chi connectivity index (χ0n) is 28.3. The van der Waals surface area contributed by atoms with E-state index in [-0.39, 0.29) is 39.3 Å². The molecule has 11 nitrogen and oxygen atoms in total. The quantitative estimate of drug-likeness (QED) is 0.348.